The second-order valence-electron chi connectivity index (χ2n) is 7.20. The third kappa shape index (κ3) is 4.76. The molecule has 2 fully saturated rings. The number of hydrogen-bond acceptors (Lipinski definition) is 7. The molecule has 3 N–H and O–H groups in total. The maximum absolute atomic E-state index is 12.0. The predicted molar refractivity (Wildman–Crippen MR) is 84.5 cm³/mol. The largest absolute Gasteiger partial charge is 0.444 e. The van der Waals surface area contributed by atoms with Crippen molar-refractivity contribution in [1.82, 2.24) is 15.1 Å². The summed E-state index contributed by atoms with van der Waals surface area (Å²) in [5.41, 5.74) is 5.41. The van der Waals surface area contributed by atoms with Crippen molar-refractivity contribution in [2.24, 2.45) is 5.73 Å². The summed E-state index contributed by atoms with van der Waals surface area (Å²) in [5.74, 6) is 0. The number of nitro groups is 1. The summed E-state index contributed by atoms with van der Waals surface area (Å²) in [5, 5.41) is 13.8. The van der Waals surface area contributed by atoms with E-state index < -0.39 is 17.8 Å². The zero-order chi connectivity index (χ0) is 17.2. The van der Waals surface area contributed by atoms with E-state index in [0.717, 1.165) is 13.1 Å². The van der Waals surface area contributed by atoms with Crippen LogP contribution in [0.25, 0.3) is 0 Å². The molecular formula is C14H27N5O4. The summed E-state index contributed by atoms with van der Waals surface area (Å²) in [4.78, 5) is 26.5. The number of nitrogens with zero attached hydrogens (tertiary/aromatic N) is 3. The van der Waals surface area contributed by atoms with Crippen LogP contribution in [0.2, 0.25) is 0 Å². The highest BCUT2D eigenvalue weighted by Crippen LogP contribution is 2.17. The number of piperazine rings is 1. The fraction of sp³-hybridized carbons (Fsp3) is 0.929. The maximum atomic E-state index is 12.0. The fourth-order valence-corrected chi connectivity index (χ4v) is 3.04. The molecule has 0 radical (unpaired) electrons. The van der Waals surface area contributed by atoms with Crippen molar-refractivity contribution < 1.29 is 14.5 Å². The number of carbonyl (C=O) groups is 1. The lowest BCUT2D eigenvalue weighted by molar-refractivity contribution is -0.535. The number of piperidine rings is 1. The number of amides is 1. The van der Waals surface area contributed by atoms with Gasteiger partial charge in [-0.3, -0.25) is 20.3 Å². The number of hydrogen-bond donors (Lipinski definition) is 2. The summed E-state index contributed by atoms with van der Waals surface area (Å²) in [6, 6.07) is -0.324. The van der Waals surface area contributed by atoms with Crippen LogP contribution in [0.15, 0.2) is 0 Å². The summed E-state index contributed by atoms with van der Waals surface area (Å²) in [6.07, 6.45) is -0.566. The Morgan fingerprint density at radius 1 is 1.30 bits per heavy atom. The Morgan fingerprint density at radius 3 is 2.39 bits per heavy atom. The van der Waals surface area contributed by atoms with Gasteiger partial charge >= 0.3 is 6.09 Å². The molecule has 1 amide bonds. The second-order valence-corrected chi connectivity index (χ2v) is 7.20. The lowest BCUT2D eigenvalue weighted by Crippen LogP contribution is -2.63. The highest BCUT2D eigenvalue weighted by molar-refractivity contribution is 5.68. The first-order chi connectivity index (χ1) is 10.7. The van der Waals surface area contributed by atoms with E-state index in [2.05, 4.69) is 10.2 Å². The Labute approximate surface area is 136 Å². The van der Waals surface area contributed by atoms with E-state index in [-0.39, 0.29) is 17.1 Å². The summed E-state index contributed by atoms with van der Waals surface area (Å²) in [6.45, 7) is 8.74. The van der Waals surface area contributed by atoms with E-state index in [9.17, 15) is 14.9 Å². The van der Waals surface area contributed by atoms with Crippen molar-refractivity contribution >= 4 is 6.09 Å². The number of ether oxygens (including phenoxy) is 1. The van der Waals surface area contributed by atoms with Crippen LogP contribution in [0.1, 0.15) is 27.2 Å². The van der Waals surface area contributed by atoms with E-state index >= 15 is 0 Å². The van der Waals surface area contributed by atoms with Crippen molar-refractivity contribution in [2.75, 3.05) is 32.7 Å². The van der Waals surface area contributed by atoms with Gasteiger partial charge in [0, 0.05) is 43.7 Å². The standard InChI is InChI=1S/C14H27N5O4/c1-14(2,3)23-13(20)18-6-4-17(5-7-18)10-8-11(15)12(16-9-10)19(21)22/h10-12,16H,4-9,15H2,1-3H3. The molecule has 2 rings (SSSR count). The molecule has 0 aliphatic carbocycles. The smallest absolute Gasteiger partial charge is 0.410 e. The monoisotopic (exact) mass is 329 g/mol. The first-order valence-electron chi connectivity index (χ1n) is 8.02. The minimum Gasteiger partial charge on any atom is -0.444 e. The van der Waals surface area contributed by atoms with Gasteiger partial charge in [0.25, 0.3) is 6.17 Å². The van der Waals surface area contributed by atoms with Crippen LogP contribution in [-0.4, -0.2) is 77.4 Å². The molecular weight excluding hydrogens is 302 g/mol. The van der Waals surface area contributed by atoms with E-state index in [1.165, 1.54) is 0 Å². The summed E-state index contributed by atoms with van der Waals surface area (Å²) >= 11 is 0. The van der Waals surface area contributed by atoms with Gasteiger partial charge in [0.15, 0.2) is 0 Å². The molecule has 2 aliphatic heterocycles. The lowest BCUT2D eigenvalue weighted by Gasteiger charge is -2.42. The zero-order valence-corrected chi connectivity index (χ0v) is 14.0. The first-order valence-corrected chi connectivity index (χ1v) is 8.02. The molecule has 3 atom stereocenters. The van der Waals surface area contributed by atoms with Crippen LogP contribution >= 0.6 is 0 Å². The maximum Gasteiger partial charge on any atom is 0.410 e. The Morgan fingerprint density at radius 2 is 1.91 bits per heavy atom. The molecule has 0 aromatic heterocycles. The first kappa shape index (κ1) is 17.9. The average Bonchev–Trinajstić information content (AvgIpc) is 2.45. The fourth-order valence-electron chi connectivity index (χ4n) is 3.04. The predicted octanol–water partition coefficient (Wildman–Crippen LogP) is -0.169. The minimum atomic E-state index is -0.866. The molecule has 132 valence electrons. The molecule has 23 heavy (non-hydrogen) atoms. The molecule has 0 aromatic rings. The van der Waals surface area contributed by atoms with Gasteiger partial charge in [-0.2, -0.15) is 0 Å². The zero-order valence-electron chi connectivity index (χ0n) is 14.0. The molecule has 2 saturated heterocycles. The molecule has 0 aromatic carbocycles. The molecule has 2 heterocycles. The van der Waals surface area contributed by atoms with Gasteiger partial charge in [0.05, 0.1) is 6.04 Å². The van der Waals surface area contributed by atoms with Gasteiger partial charge in [-0.25, -0.2) is 4.79 Å². The number of carbonyl (C=O) groups excluding carboxylic acids is 1. The van der Waals surface area contributed by atoms with E-state index in [1.54, 1.807) is 4.90 Å². The summed E-state index contributed by atoms with van der Waals surface area (Å²) in [7, 11) is 0. The Kier molecular flexibility index (Phi) is 5.43. The van der Waals surface area contributed by atoms with Gasteiger partial charge in [-0.15, -0.1) is 0 Å². The Hall–Kier alpha value is -1.45. The van der Waals surface area contributed by atoms with Gasteiger partial charge in [0.2, 0.25) is 0 Å². The molecule has 9 heteroatoms. The number of nitrogens with two attached hydrogens (primary N) is 1. The van der Waals surface area contributed by atoms with Gasteiger partial charge in [0.1, 0.15) is 5.60 Å². The molecule has 3 unspecified atom stereocenters. The lowest BCUT2D eigenvalue weighted by atomic mass is 9.98. The highest BCUT2D eigenvalue weighted by Gasteiger charge is 2.38. The van der Waals surface area contributed by atoms with Gasteiger partial charge in [-0.05, 0) is 27.2 Å². The Balaban J connectivity index is 1.81. The second kappa shape index (κ2) is 6.98. The normalized spacial score (nSPS) is 30.1. The molecule has 0 spiro atoms. The van der Waals surface area contributed by atoms with Crippen LogP contribution in [0.3, 0.4) is 0 Å². The molecule has 9 nitrogen and oxygen atoms in total. The van der Waals surface area contributed by atoms with Gasteiger partial charge < -0.3 is 15.4 Å². The average molecular weight is 329 g/mol. The third-order valence-electron chi connectivity index (χ3n) is 4.22. The number of nitrogens with one attached hydrogen (secondary N) is 1. The Bertz CT molecular complexity index is 445. The van der Waals surface area contributed by atoms with Crippen LogP contribution in [0.5, 0.6) is 0 Å². The molecule has 2 aliphatic rings. The van der Waals surface area contributed by atoms with Crippen LogP contribution < -0.4 is 11.1 Å². The van der Waals surface area contributed by atoms with E-state index in [0.29, 0.717) is 26.1 Å². The minimum absolute atomic E-state index is 0.169. The van der Waals surface area contributed by atoms with Crippen LogP contribution in [0.4, 0.5) is 4.79 Å². The van der Waals surface area contributed by atoms with Crippen molar-refractivity contribution in [2.45, 2.75) is 51.0 Å². The van der Waals surface area contributed by atoms with Crippen molar-refractivity contribution in [1.29, 1.82) is 0 Å². The number of rotatable bonds is 2. The van der Waals surface area contributed by atoms with Crippen molar-refractivity contribution in [3.05, 3.63) is 10.1 Å². The highest BCUT2D eigenvalue weighted by atomic mass is 16.6. The quantitative estimate of drug-likeness (QED) is 0.534. The topological polar surface area (TPSA) is 114 Å². The van der Waals surface area contributed by atoms with E-state index in [4.69, 9.17) is 10.5 Å². The SMILES string of the molecule is CC(C)(C)OC(=O)N1CCN(C2CNC([N+](=O)[O-])C(N)C2)CC1. The van der Waals surface area contributed by atoms with E-state index in [1.807, 2.05) is 20.8 Å². The van der Waals surface area contributed by atoms with Crippen molar-refractivity contribution in [3.63, 3.8) is 0 Å². The van der Waals surface area contributed by atoms with Crippen LogP contribution in [0, 0.1) is 10.1 Å². The van der Waals surface area contributed by atoms with Crippen LogP contribution in [-0.2, 0) is 4.74 Å². The van der Waals surface area contributed by atoms with Crippen molar-refractivity contribution in [3.8, 4) is 0 Å². The molecule has 0 bridgehead atoms. The third-order valence-corrected chi connectivity index (χ3v) is 4.22. The molecule has 0 saturated carbocycles. The summed E-state index contributed by atoms with van der Waals surface area (Å²) < 4.78 is 5.38. The van der Waals surface area contributed by atoms with Gasteiger partial charge in [-0.1, -0.05) is 0 Å².